The van der Waals surface area contributed by atoms with Gasteiger partial charge in [0.25, 0.3) is 5.69 Å². The lowest BCUT2D eigenvalue weighted by Crippen LogP contribution is -2.33. The number of benzene rings is 2. The fourth-order valence-electron chi connectivity index (χ4n) is 2.46. The van der Waals surface area contributed by atoms with Gasteiger partial charge in [-0.3, -0.25) is 14.9 Å². The lowest BCUT2D eigenvalue weighted by atomic mass is 10.1. The van der Waals surface area contributed by atoms with Crippen LogP contribution in [0.3, 0.4) is 0 Å². The van der Waals surface area contributed by atoms with Gasteiger partial charge in [-0.2, -0.15) is 0 Å². The summed E-state index contributed by atoms with van der Waals surface area (Å²) in [6, 6.07) is 12.8. The van der Waals surface area contributed by atoms with E-state index >= 15 is 0 Å². The van der Waals surface area contributed by atoms with Gasteiger partial charge in [-0.1, -0.05) is 24.3 Å². The van der Waals surface area contributed by atoms with Gasteiger partial charge >= 0.3 is 6.03 Å². The molecule has 0 bridgehead atoms. The summed E-state index contributed by atoms with van der Waals surface area (Å²) in [6.07, 6.45) is 0.247. The molecule has 0 saturated carbocycles. The summed E-state index contributed by atoms with van der Waals surface area (Å²) >= 11 is 1.43. The topological polar surface area (TPSA) is 119 Å². The standard InChI is InChI=1S/C19H22N4O4S/c1-13(14-6-5-7-15(12-14)23(26)27)22(2)19(25)21-16-8-3-4-9-17(16)28-11-10-18(20)24/h3-9,12-13H,10-11H2,1-2H3,(H2,20,24)(H,21,25). The third kappa shape index (κ3) is 5.71. The molecule has 0 radical (unpaired) electrons. The predicted molar refractivity (Wildman–Crippen MR) is 109 cm³/mol. The second kappa shape index (κ2) is 9.75. The minimum Gasteiger partial charge on any atom is -0.370 e. The molecule has 0 aliphatic heterocycles. The number of hydrogen-bond acceptors (Lipinski definition) is 5. The number of anilines is 1. The molecule has 148 valence electrons. The number of nitrogens with zero attached hydrogens (tertiary/aromatic N) is 2. The Morgan fingerprint density at radius 3 is 2.64 bits per heavy atom. The fraction of sp³-hybridized carbons (Fsp3) is 0.263. The van der Waals surface area contributed by atoms with Crippen molar-refractivity contribution in [2.45, 2.75) is 24.3 Å². The molecule has 8 nitrogen and oxygen atoms in total. The number of nitro benzene ring substituents is 1. The summed E-state index contributed by atoms with van der Waals surface area (Å²) in [6.45, 7) is 1.80. The monoisotopic (exact) mass is 402 g/mol. The van der Waals surface area contributed by atoms with E-state index in [9.17, 15) is 19.7 Å². The minimum absolute atomic E-state index is 0.0191. The van der Waals surface area contributed by atoms with E-state index in [0.29, 0.717) is 17.0 Å². The van der Waals surface area contributed by atoms with Crippen LogP contribution >= 0.6 is 11.8 Å². The van der Waals surface area contributed by atoms with Gasteiger partial charge in [-0.05, 0) is 24.6 Å². The highest BCUT2D eigenvalue weighted by molar-refractivity contribution is 7.99. The Morgan fingerprint density at radius 1 is 1.25 bits per heavy atom. The van der Waals surface area contributed by atoms with Gasteiger partial charge in [0.15, 0.2) is 0 Å². The van der Waals surface area contributed by atoms with Crippen molar-refractivity contribution in [1.82, 2.24) is 4.90 Å². The number of nitrogens with one attached hydrogen (secondary N) is 1. The third-order valence-electron chi connectivity index (χ3n) is 4.20. The smallest absolute Gasteiger partial charge is 0.322 e. The van der Waals surface area contributed by atoms with Crippen LogP contribution in [0.2, 0.25) is 0 Å². The van der Waals surface area contributed by atoms with Crippen LogP contribution in [0.1, 0.15) is 24.9 Å². The third-order valence-corrected chi connectivity index (χ3v) is 5.27. The Labute approximate surface area is 167 Å². The van der Waals surface area contributed by atoms with Gasteiger partial charge in [-0.25, -0.2) is 4.79 Å². The van der Waals surface area contributed by atoms with Crippen LogP contribution in [0.25, 0.3) is 0 Å². The molecule has 9 heteroatoms. The maximum atomic E-state index is 12.7. The van der Waals surface area contributed by atoms with Gasteiger partial charge < -0.3 is 16.0 Å². The van der Waals surface area contributed by atoms with Crippen molar-refractivity contribution in [3.63, 3.8) is 0 Å². The number of urea groups is 1. The summed E-state index contributed by atoms with van der Waals surface area (Å²) in [5.41, 5.74) is 6.43. The first-order valence-corrected chi connectivity index (χ1v) is 9.56. The van der Waals surface area contributed by atoms with Crippen LogP contribution in [-0.2, 0) is 4.79 Å². The fourth-order valence-corrected chi connectivity index (χ4v) is 3.43. The number of para-hydroxylation sites is 1. The molecule has 28 heavy (non-hydrogen) atoms. The van der Waals surface area contributed by atoms with E-state index in [4.69, 9.17) is 5.73 Å². The second-order valence-corrected chi connectivity index (χ2v) is 7.27. The van der Waals surface area contributed by atoms with Crippen molar-refractivity contribution in [2.75, 3.05) is 18.1 Å². The molecule has 0 fully saturated rings. The molecule has 0 aliphatic rings. The average Bonchev–Trinajstić information content (AvgIpc) is 2.67. The Hall–Kier alpha value is -3.07. The number of carbonyl (C=O) groups excluding carboxylic acids is 2. The molecule has 0 aliphatic carbocycles. The zero-order valence-corrected chi connectivity index (χ0v) is 16.4. The molecule has 3 N–H and O–H groups in total. The Kier molecular flexibility index (Phi) is 7.39. The number of rotatable bonds is 8. The Balaban J connectivity index is 2.09. The highest BCUT2D eigenvalue weighted by Gasteiger charge is 2.20. The van der Waals surface area contributed by atoms with Crippen LogP contribution in [0.5, 0.6) is 0 Å². The molecule has 2 aromatic rings. The van der Waals surface area contributed by atoms with Gasteiger partial charge in [0.1, 0.15) is 0 Å². The number of carbonyl (C=O) groups is 2. The van der Waals surface area contributed by atoms with Crippen molar-refractivity contribution in [2.24, 2.45) is 5.73 Å². The number of amides is 3. The van der Waals surface area contributed by atoms with Crippen molar-refractivity contribution < 1.29 is 14.5 Å². The molecule has 0 heterocycles. The average molecular weight is 402 g/mol. The first kappa shape index (κ1) is 21.2. The minimum atomic E-state index is -0.462. The van der Waals surface area contributed by atoms with Gasteiger partial charge in [0, 0.05) is 36.2 Å². The quantitative estimate of drug-likeness (QED) is 0.396. The van der Waals surface area contributed by atoms with Crippen LogP contribution in [0, 0.1) is 10.1 Å². The second-order valence-electron chi connectivity index (χ2n) is 6.13. The first-order valence-electron chi connectivity index (χ1n) is 8.58. The number of hydrogen-bond donors (Lipinski definition) is 2. The molecule has 0 spiro atoms. The number of non-ortho nitro benzene ring substituents is 1. The molecule has 1 atom stereocenters. The lowest BCUT2D eigenvalue weighted by Gasteiger charge is -2.26. The maximum Gasteiger partial charge on any atom is 0.322 e. The van der Waals surface area contributed by atoms with Crippen molar-refractivity contribution >= 4 is 35.1 Å². The number of primary amides is 1. The van der Waals surface area contributed by atoms with Crippen LogP contribution in [0.15, 0.2) is 53.4 Å². The van der Waals surface area contributed by atoms with E-state index in [-0.39, 0.29) is 30.1 Å². The summed E-state index contributed by atoms with van der Waals surface area (Å²) in [5, 5.41) is 13.8. The Bertz CT molecular complexity index is 875. The van der Waals surface area contributed by atoms with Gasteiger partial charge in [0.05, 0.1) is 16.7 Å². The molecular weight excluding hydrogens is 380 g/mol. The van der Waals surface area contributed by atoms with Crippen molar-refractivity contribution in [3.05, 3.63) is 64.2 Å². The van der Waals surface area contributed by atoms with Crippen LogP contribution < -0.4 is 11.1 Å². The van der Waals surface area contributed by atoms with Gasteiger partial charge in [0.2, 0.25) is 5.91 Å². The summed E-state index contributed by atoms with van der Waals surface area (Å²) in [7, 11) is 1.63. The lowest BCUT2D eigenvalue weighted by molar-refractivity contribution is -0.384. The largest absolute Gasteiger partial charge is 0.370 e. The maximum absolute atomic E-state index is 12.7. The SMILES string of the molecule is CC(c1cccc([N+](=O)[O-])c1)N(C)C(=O)Nc1ccccc1SCCC(N)=O. The molecule has 2 rings (SSSR count). The molecule has 0 saturated heterocycles. The summed E-state index contributed by atoms with van der Waals surface area (Å²) in [5.74, 6) is 0.141. The normalized spacial score (nSPS) is 11.5. The van der Waals surface area contributed by atoms with Crippen molar-refractivity contribution in [1.29, 1.82) is 0 Å². The summed E-state index contributed by atoms with van der Waals surface area (Å²) < 4.78 is 0. The van der Waals surface area contributed by atoms with E-state index in [1.165, 1.54) is 28.8 Å². The molecule has 1 unspecified atom stereocenters. The van der Waals surface area contributed by atoms with E-state index in [1.54, 1.807) is 38.2 Å². The summed E-state index contributed by atoms with van der Waals surface area (Å²) in [4.78, 5) is 36.4. The zero-order chi connectivity index (χ0) is 20.7. The van der Waals surface area contributed by atoms with E-state index in [1.807, 2.05) is 12.1 Å². The highest BCUT2D eigenvalue weighted by atomic mass is 32.2. The van der Waals surface area contributed by atoms with E-state index in [0.717, 1.165) is 4.90 Å². The Morgan fingerprint density at radius 2 is 1.96 bits per heavy atom. The molecule has 3 amide bonds. The van der Waals surface area contributed by atoms with Crippen molar-refractivity contribution in [3.8, 4) is 0 Å². The van der Waals surface area contributed by atoms with Crippen LogP contribution in [-0.4, -0.2) is 34.6 Å². The first-order chi connectivity index (χ1) is 13.3. The number of thioether (sulfide) groups is 1. The van der Waals surface area contributed by atoms with E-state index in [2.05, 4.69) is 5.32 Å². The van der Waals surface area contributed by atoms with E-state index < -0.39 is 4.92 Å². The number of nitrogens with two attached hydrogens (primary N) is 1. The number of nitro groups is 1. The highest BCUT2D eigenvalue weighted by Crippen LogP contribution is 2.29. The van der Waals surface area contributed by atoms with Crippen LogP contribution in [0.4, 0.5) is 16.2 Å². The van der Waals surface area contributed by atoms with Gasteiger partial charge in [-0.15, -0.1) is 11.8 Å². The predicted octanol–water partition coefficient (Wildman–Crippen LogP) is 3.79. The molecule has 2 aromatic carbocycles. The molecular formula is C19H22N4O4S. The zero-order valence-electron chi connectivity index (χ0n) is 15.6. The molecule has 0 aromatic heterocycles.